The van der Waals surface area contributed by atoms with Gasteiger partial charge >= 0.3 is 5.97 Å². The van der Waals surface area contributed by atoms with Crippen molar-refractivity contribution in [3.63, 3.8) is 0 Å². The Kier molecular flexibility index (Phi) is 2.78. The maximum atomic E-state index is 11.1. The number of carboxylic acids is 1. The summed E-state index contributed by atoms with van der Waals surface area (Å²) in [5, 5.41) is 9.96. The SMILES string of the molecule is O=C(O)c1ccc2c(N3CC4CCC(C3)O4)ncnc2c1. The van der Waals surface area contributed by atoms with Gasteiger partial charge in [-0.05, 0) is 31.0 Å². The number of aromatic carboxylic acids is 1. The first-order valence-corrected chi connectivity index (χ1v) is 7.09. The molecule has 3 heterocycles. The highest BCUT2D eigenvalue weighted by atomic mass is 16.5. The summed E-state index contributed by atoms with van der Waals surface area (Å²) in [5.74, 6) is -0.0707. The third-order valence-corrected chi connectivity index (χ3v) is 4.21. The van der Waals surface area contributed by atoms with Crippen LogP contribution in [0.15, 0.2) is 24.5 Å². The molecule has 0 spiro atoms. The summed E-state index contributed by atoms with van der Waals surface area (Å²) in [6, 6.07) is 5.00. The number of ether oxygens (including phenoxy) is 1. The van der Waals surface area contributed by atoms with E-state index in [9.17, 15) is 4.79 Å². The number of morpholine rings is 1. The highest BCUT2D eigenvalue weighted by molar-refractivity contribution is 5.96. The van der Waals surface area contributed by atoms with Crippen LogP contribution in [0.2, 0.25) is 0 Å². The second-order valence-electron chi connectivity index (χ2n) is 5.60. The van der Waals surface area contributed by atoms with Crippen LogP contribution in [0.5, 0.6) is 0 Å². The number of carbonyl (C=O) groups is 1. The normalized spacial score (nSPS) is 24.5. The summed E-state index contributed by atoms with van der Waals surface area (Å²) in [6.45, 7) is 1.67. The van der Waals surface area contributed by atoms with E-state index in [0.29, 0.717) is 5.52 Å². The Morgan fingerprint density at radius 2 is 2.00 bits per heavy atom. The van der Waals surface area contributed by atoms with Gasteiger partial charge in [0.15, 0.2) is 0 Å². The predicted molar refractivity (Wildman–Crippen MR) is 76.6 cm³/mol. The molecule has 1 aromatic carbocycles. The number of fused-ring (bicyclic) bond motifs is 3. The van der Waals surface area contributed by atoms with Gasteiger partial charge in [0.1, 0.15) is 12.1 Å². The zero-order valence-corrected chi connectivity index (χ0v) is 11.4. The van der Waals surface area contributed by atoms with Gasteiger partial charge in [-0.3, -0.25) is 0 Å². The monoisotopic (exact) mass is 285 g/mol. The van der Waals surface area contributed by atoms with E-state index in [1.807, 2.05) is 0 Å². The lowest BCUT2D eigenvalue weighted by atomic mass is 10.1. The second kappa shape index (κ2) is 4.66. The molecule has 0 amide bonds. The van der Waals surface area contributed by atoms with Gasteiger partial charge in [-0.15, -0.1) is 0 Å². The van der Waals surface area contributed by atoms with Gasteiger partial charge in [-0.2, -0.15) is 0 Å². The van der Waals surface area contributed by atoms with Crippen molar-refractivity contribution in [3.8, 4) is 0 Å². The third-order valence-electron chi connectivity index (χ3n) is 4.21. The Hall–Kier alpha value is -2.21. The lowest BCUT2D eigenvalue weighted by Crippen LogP contribution is -2.43. The van der Waals surface area contributed by atoms with Crippen LogP contribution >= 0.6 is 0 Å². The van der Waals surface area contributed by atoms with Crippen molar-refractivity contribution in [1.29, 1.82) is 0 Å². The maximum absolute atomic E-state index is 11.1. The molecule has 1 aromatic heterocycles. The molecule has 2 aromatic rings. The van der Waals surface area contributed by atoms with Crippen LogP contribution < -0.4 is 4.90 Å². The molecule has 108 valence electrons. The van der Waals surface area contributed by atoms with Crippen LogP contribution in [0.4, 0.5) is 5.82 Å². The minimum atomic E-state index is -0.943. The standard InChI is InChI=1S/C15H15N3O3/c19-15(20)9-1-4-12-13(5-9)16-8-17-14(12)18-6-10-2-3-11(7-18)21-10/h1,4-5,8,10-11H,2-3,6-7H2,(H,19,20). The van der Waals surface area contributed by atoms with Crippen LogP contribution in [-0.2, 0) is 4.74 Å². The molecule has 2 bridgehead atoms. The van der Waals surface area contributed by atoms with Gasteiger partial charge in [0.25, 0.3) is 0 Å². The first-order valence-electron chi connectivity index (χ1n) is 7.09. The fourth-order valence-corrected chi connectivity index (χ4v) is 3.22. The number of aromatic nitrogens is 2. The average Bonchev–Trinajstić information content (AvgIpc) is 2.84. The molecule has 21 heavy (non-hydrogen) atoms. The minimum absolute atomic E-state index is 0.245. The Labute approximate surface area is 121 Å². The minimum Gasteiger partial charge on any atom is -0.478 e. The molecule has 0 aliphatic carbocycles. The molecule has 1 N–H and O–H groups in total. The molecule has 4 rings (SSSR count). The van der Waals surface area contributed by atoms with Crippen molar-refractivity contribution >= 4 is 22.7 Å². The second-order valence-corrected chi connectivity index (χ2v) is 5.60. The van der Waals surface area contributed by atoms with Crippen LogP contribution in [0.1, 0.15) is 23.2 Å². The fourth-order valence-electron chi connectivity index (χ4n) is 3.22. The lowest BCUT2D eigenvalue weighted by Gasteiger charge is -2.33. The summed E-state index contributed by atoms with van der Waals surface area (Å²) < 4.78 is 5.85. The largest absolute Gasteiger partial charge is 0.478 e. The van der Waals surface area contributed by atoms with Crippen molar-refractivity contribution in [3.05, 3.63) is 30.1 Å². The van der Waals surface area contributed by atoms with E-state index in [1.165, 1.54) is 6.33 Å². The van der Waals surface area contributed by atoms with Crippen LogP contribution in [0.3, 0.4) is 0 Å². The van der Waals surface area contributed by atoms with E-state index in [0.717, 1.165) is 37.1 Å². The van der Waals surface area contributed by atoms with Crippen molar-refractivity contribution < 1.29 is 14.6 Å². The van der Waals surface area contributed by atoms with E-state index in [2.05, 4.69) is 14.9 Å². The number of nitrogens with zero attached hydrogens (tertiary/aromatic N) is 3. The summed E-state index contributed by atoms with van der Waals surface area (Å²) in [7, 11) is 0. The molecule has 2 aliphatic rings. The Morgan fingerprint density at radius 3 is 2.71 bits per heavy atom. The van der Waals surface area contributed by atoms with Gasteiger partial charge in [-0.25, -0.2) is 14.8 Å². The van der Waals surface area contributed by atoms with Crippen LogP contribution in [-0.4, -0.2) is 46.3 Å². The highest BCUT2D eigenvalue weighted by Gasteiger charge is 2.34. The van der Waals surface area contributed by atoms with Gasteiger partial charge < -0.3 is 14.7 Å². The first-order chi connectivity index (χ1) is 10.2. The van der Waals surface area contributed by atoms with Crippen LogP contribution in [0, 0.1) is 0 Å². The molecule has 6 heteroatoms. The molecule has 2 atom stereocenters. The number of anilines is 1. The molecular weight excluding hydrogens is 270 g/mol. The predicted octanol–water partition coefficient (Wildman–Crippen LogP) is 1.70. The zero-order chi connectivity index (χ0) is 14.4. The topological polar surface area (TPSA) is 75.5 Å². The van der Waals surface area contributed by atoms with Crippen molar-refractivity contribution in [2.75, 3.05) is 18.0 Å². The summed E-state index contributed by atoms with van der Waals surface area (Å²) in [5.41, 5.74) is 0.910. The zero-order valence-electron chi connectivity index (χ0n) is 11.4. The molecule has 2 fully saturated rings. The van der Waals surface area contributed by atoms with E-state index < -0.39 is 5.97 Å². The Morgan fingerprint density at radius 1 is 1.24 bits per heavy atom. The van der Waals surface area contributed by atoms with Gasteiger partial charge in [0.05, 0.1) is 23.3 Å². The quantitative estimate of drug-likeness (QED) is 0.905. The highest BCUT2D eigenvalue weighted by Crippen LogP contribution is 2.31. The van der Waals surface area contributed by atoms with Gasteiger partial charge in [-0.1, -0.05) is 0 Å². The number of carboxylic acid groups (broad SMARTS) is 1. The average molecular weight is 285 g/mol. The van der Waals surface area contributed by atoms with E-state index in [1.54, 1.807) is 18.2 Å². The van der Waals surface area contributed by atoms with Crippen molar-refractivity contribution in [2.24, 2.45) is 0 Å². The fraction of sp³-hybridized carbons (Fsp3) is 0.400. The van der Waals surface area contributed by atoms with Crippen molar-refractivity contribution in [2.45, 2.75) is 25.0 Å². The number of hydrogen-bond donors (Lipinski definition) is 1. The Balaban J connectivity index is 1.76. The molecule has 2 unspecified atom stereocenters. The third kappa shape index (κ3) is 2.12. The molecule has 0 radical (unpaired) electrons. The van der Waals surface area contributed by atoms with Gasteiger partial charge in [0, 0.05) is 18.5 Å². The Bertz CT molecular complexity index is 706. The molecule has 2 aliphatic heterocycles. The van der Waals surface area contributed by atoms with Crippen molar-refractivity contribution in [1.82, 2.24) is 9.97 Å². The number of benzene rings is 1. The molecule has 0 saturated carbocycles. The molecular formula is C15H15N3O3. The van der Waals surface area contributed by atoms with E-state index in [-0.39, 0.29) is 17.8 Å². The first kappa shape index (κ1) is 12.5. The van der Waals surface area contributed by atoms with Crippen LogP contribution in [0.25, 0.3) is 10.9 Å². The molecule has 6 nitrogen and oxygen atoms in total. The van der Waals surface area contributed by atoms with Gasteiger partial charge in [0.2, 0.25) is 0 Å². The van der Waals surface area contributed by atoms with E-state index >= 15 is 0 Å². The summed E-state index contributed by atoms with van der Waals surface area (Å²) >= 11 is 0. The number of hydrogen-bond acceptors (Lipinski definition) is 5. The molecule has 2 saturated heterocycles. The summed E-state index contributed by atoms with van der Waals surface area (Å²) in [6.07, 6.45) is 4.28. The number of rotatable bonds is 2. The maximum Gasteiger partial charge on any atom is 0.335 e. The lowest BCUT2D eigenvalue weighted by molar-refractivity contribution is 0.0303. The van der Waals surface area contributed by atoms with E-state index in [4.69, 9.17) is 9.84 Å². The smallest absolute Gasteiger partial charge is 0.335 e. The summed E-state index contributed by atoms with van der Waals surface area (Å²) in [4.78, 5) is 21.9.